The summed E-state index contributed by atoms with van der Waals surface area (Å²) in [4.78, 5) is 37.3. The van der Waals surface area contributed by atoms with E-state index >= 15 is 0 Å². The number of hydrogen-bond donors (Lipinski definition) is 2. The molecule has 0 unspecified atom stereocenters. The number of carboxylic acid groups (broad SMARTS) is 1. The van der Waals surface area contributed by atoms with E-state index in [1.807, 2.05) is 0 Å². The van der Waals surface area contributed by atoms with Gasteiger partial charge in [0.05, 0.1) is 6.54 Å². The van der Waals surface area contributed by atoms with Gasteiger partial charge in [-0.1, -0.05) is 31.4 Å². The van der Waals surface area contributed by atoms with Gasteiger partial charge in [-0.3, -0.25) is 9.59 Å². The first-order chi connectivity index (χ1) is 11.9. The molecule has 7 nitrogen and oxygen atoms in total. The molecule has 136 valence electrons. The predicted molar refractivity (Wildman–Crippen MR) is 91.7 cm³/mol. The Kier molecular flexibility index (Phi) is 6.64. The number of hydrogen-bond acceptors (Lipinski definition) is 4. The molecular formula is C17H21ClN2O5. The van der Waals surface area contributed by atoms with Gasteiger partial charge in [-0.25, -0.2) is 4.79 Å². The van der Waals surface area contributed by atoms with Gasteiger partial charge in [0.25, 0.3) is 5.91 Å². The number of rotatable bonds is 7. The molecule has 0 aromatic heterocycles. The summed E-state index contributed by atoms with van der Waals surface area (Å²) in [6.45, 7) is 2.71. The number of nitrogens with one attached hydrogen (secondary N) is 1. The fourth-order valence-electron chi connectivity index (χ4n) is 2.74. The normalized spacial score (nSPS) is 19.8. The van der Waals surface area contributed by atoms with Crippen LogP contribution >= 0.6 is 11.6 Å². The van der Waals surface area contributed by atoms with Crippen LogP contribution in [0.5, 0.6) is 0 Å². The molecular weight excluding hydrogens is 348 g/mol. The van der Waals surface area contributed by atoms with Crippen molar-refractivity contribution in [2.45, 2.75) is 38.3 Å². The molecule has 1 saturated heterocycles. The second kappa shape index (κ2) is 8.71. The van der Waals surface area contributed by atoms with E-state index in [0.29, 0.717) is 17.1 Å². The lowest BCUT2D eigenvalue weighted by Crippen LogP contribution is -2.47. The first kappa shape index (κ1) is 19.1. The quantitative estimate of drug-likeness (QED) is 0.569. The summed E-state index contributed by atoms with van der Waals surface area (Å²) in [5.74, 6) is -0.811. The second-order valence-electron chi connectivity index (χ2n) is 5.87. The Morgan fingerprint density at radius 3 is 2.60 bits per heavy atom. The summed E-state index contributed by atoms with van der Waals surface area (Å²) >= 11 is 5.79. The minimum atomic E-state index is -1.47. The average molecular weight is 369 g/mol. The summed E-state index contributed by atoms with van der Waals surface area (Å²) in [6, 6.07) is 5.16. The number of halogens is 1. The van der Waals surface area contributed by atoms with Crippen LogP contribution in [0.1, 0.15) is 36.5 Å². The van der Waals surface area contributed by atoms with Crippen LogP contribution in [0.4, 0.5) is 4.79 Å². The van der Waals surface area contributed by atoms with Gasteiger partial charge in [-0.2, -0.15) is 0 Å². The lowest BCUT2D eigenvalue weighted by atomic mass is 10.1. The van der Waals surface area contributed by atoms with Crippen molar-refractivity contribution in [1.82, 2.24) is 10.2 Å². The van der Waals surface area contributed by atoms with Crippen LogP contribution in [0, 0.1) is 0 Å². The molecule has 1 aliphatic heterocycles. The molecule has 1 heterocycles. The van der Waals surface area contributed by atoms with Crippen molar-refractivity contribution in [1.29, 1.82) is 0 Å². The average Bonchev–Trinajstić information content (AvgIpc) is 2.84. The third-order valence-corrected chi connectivity index (χ3v) is 4.28. The summed E-state index contributed by atoms with van der Waals surface area (Å²) < 4.78 is 4.80. The maximum atomic E-state index is 12.5. The molecule has 2 amide bonds. The van der Waals surface area contributed by atoms with Crippen molar-refractivity contribution in [3.63, 3.8) is 0 Å². The van der Waals surface area contributed by atoms with Crippen LogP contribution in [0.15, 0.2) is 24.3 Å². The zero-order valence-electron chi connectivity index (χ0n) is 13.9. The van der Waals surface area contributed by atoms with Crippen LogP contribution in [-0.4, -0.2) is 53.2 Å². The van der Waals surface area contributed by atoms with Gasteiger partial charge >= 0.3 is 6.16 Å². The molecule has 2 N–H and O–H groups in total. The third kappa shape index (κ3) is 5.09. The maximum Gasteiger partial charge on any atom is 0.506 e. The van der Waals surface area contributed by atoms with E-state index in [2.05, 4.69) is 12.2 Å². The van der Waals surface area contributed by atoms with Crippen molar-refractivity contribution in [2.24, 2.45) is 0 Å². The van der Waals surface area contributed by atoms with Crippen molar-refractivity contribution in [3.8, 4) is 0 Å². The second-order valence-corrected chi connectivity index (χ2v) is 6.31. The minimum Gasteiger partial charge on any atom is -0.450 e. The highest BCUT2D eigenvalue weighted by molar-refractivity contribution is 6.30. The number of likely N-dealkylation sites (tertiary alicyclic amines) is 1. The number of benzene rings is 1. The van der Waals surface area contributed by atoms with Gasteiger partial charge in [0.2, 0.25) is 5.91 Å². The summed E-state index contributed by atoms with van der Waals surface area (Å²) in [7, 11) is 0. The Labute approximate surface area is 150 Å². The van der Waals surface area contributed by atoms with Crippen molar-refractivity contribution >= 4 is 29.6 Å². The highest BCUT2D eigenvalue weighted by Gasteiger charge is 2.43. The van der Waals surface area contributed by atoms with Crippen LogP contribution in [0.2, 0.25) is 5.02 Å². The highest BCUT2D eigenvalue weighted by atomic mass is 35.5. The molecule has 25 heavy (non-hydrogen) atoms. The number of ether oxygens (including phenoxy) is 1. The minimum absolute atomic E-state index is 0.139. The van der Waals surface area contributed by atoms with Crippen molar-refractivity contribution < 1.29 is 24.2 Å². The predicted octanol–water partition coefficient (Wildman–Crippen LogP) is 2.53. The Morgan fingerprint density at radius 1 is 1.32 bits per heavy atom. The third-order valence-electron chi connectivity index (χ3n) is 4.03. The molecule has 0 aliphatic carbocycles. The summed E-state index contributed by atoms with van der Waals surface area (Å²) in [6.07, 6.45) is 0.394. The van der Waals surface area contributed by atoms with Gasteiger partial charge in [0.1, 0.15) is 6.04 Å². The Balaban J connectivity index is 2.08. The van der Waals surface area contributed by atoms with Crippen LogP contribution < -0.4 is 5.32 Å². The fourth-order valence-corrected chi connectivity index (χ4v) is 2.86. The van der Waals surface area contributed by atoms with Crippen molar-refractivity contribution in [2.75, 3.05) is 13.1 Å². The molecule has 1 aliphatic rings. The zero-order valence-corrected chi connectivity index (χ0v) is 14.7. The van der Waals surface area contributed by atoms with E-state index in [4.69, 9.17) is 21.4 Å². The summed E-state index contributed by atoms with van der Waals surface area (Å²) in [5, 5.41) is 11.9. The molecule has 0 radical (unpaired) electrons. The lowest BCUT2D eigenvalue weighted by molar-refractivity contribution is -0.129. The molecule has 0 spiro atoms. The molecule has 1 aromatic rings. The monoisotopic (exact) mass is 368 g/mol. The number of unbranched alkanes of at least 4 members (excludes halogenated alkanes) is 2. The molecule has 0 saturated carbocycles. The number of carbonyl (C=O) groups is 3. The van der Waals surface area contributed by atoms with Gasteiger partial charge in [-0.15, -0.1) is 0 Å². The topological polar surface area (TPSA) is 95.9 Å². The maximum absolute atomic E-state index is 12.5. The Hall–Kier alpha value is -2.28. The Bertz CT molecular complexity index is 634. The van der Waals surface area contributed by atoms with E-state index in [0.717, 1.165) is 19.3 Å². The van der Waals surface area contributed by atoms with Crippen LogP contribution in [-0.2, 0) is 9.53 Å². The highest BCUT2D eigenvalue weighted by Crippen LogP contribution is 2.18. The summed E-state index contributed by atoms with van der Waals surface area (Å²) in [5.41, 5.74) is 0.329. The van der Waals surface area contributed by atoms with Gasteiger partial charge < -0.3 is 20.1 Å². The fraction of sp³-hybridized carbons (Fsp3) is 0.471. The van der Waals surface area contributed by atoms with Crippen LogP contribution in [0.3, 0.4) is 0 Å². The van der Waals surface area contributed by atoms with E-state index in [9.17, 15) is 14.4 Å². The van der Waals surface area contributed by atoms with Gasteiger partial charge in [0, 0.05) is 17.1 Å². The standard InChI is InChI=1S/C17H21ClN2O5/c1-2-3-4-9-20-10-13(25-17(23)24)14(16(20)22)19-15(21)11-5-7-12(18)8-6-11/h5-8,13-14H,2-4,9-10H2,1H3,(H,19,21)(H,23,24)/t13-,14-/m0/s1. The van der Waals surface area contributed by atoms with Gasteiger partial charge in [-0.05, 0) is 30.7 Å². The van der Waals surface area contributed by atoms with Crippen molar-refractivity contribution in [3.05, 3.63) is 34.9 Å². The van der Waals surface area contributed by atoms with E-state index in [1.54, 1.807) is 12.1 Å². The smallest absolute Gasteiger partial charge is 0.450 e. The molecule has 1 aromatic carbocycles. The molecule has 1 fully saturated rings. The Morgan fingerprint density at radius 2 is 2.00 bits per heavy atom. The van der Waals surface area contributed by atoms with E-state index < -0.39 is 24.2 Å². The van der Waals surface area contributed by atoms with E-state index in [1.165, 1.54) is 17.0 Å². The zero-order chi connectivity index (χ0) is 18.4. The van der Waals surface area contributed by atoms with Crippen LogP contribution in [0.25, 0.3) is 0 Å². The number of amides is 2. The van der Waals surface area contributed by atoms with Gasteiger partial charge in [0.15, 0.2) is 6.10 Å². The first-order valence-corrected chi connectivity index (χ1v) is 8.55. The SMILES string of the molecule is CCCCCN1C[C@H](OC(=O)O)[C@H](NC(=O)c2ccc(Cl)cc2)C1=O. The number of nitrogens with zero attached hydrogens (tertiary/aromatic N) is 1. The number of carbonyl (C=O) groups excluding carboxylic acids is 2. The first-order valence-electron chi connectivity index (χ1n) is 8.17. The lowest BCUT2D eigenvalue weighted by Gasteiger charge is -2.17. The molecule has 2 atom stereocenters. The molecule has 0 bridgehead atoms. The largest absolute Gasteiger partial charge is 0.506 e. The molecule has 2 rings (SSSR count). The molecule has 8 heteroatoms. The van der Waals surface area contributed by atoms with E-state index in [-0.39, 0.29) is 12.5 Å².